The van der Waals surface area contributed by atoms with E-state index in [9.17, 15) is 0 Å². The first kappa shape index (κ1) is 10.6. The van der Waals surface area contributed by atoms with Gasteiger partial charge in [0.05, 0.1) is 28.6 Å². The van der Waals surface area contributed by atoms with Gasteiger partial charge in [0.25, 0.3) is 0 Å². The van der Waals surface area contributed by atoms with Crippen molar-refractivity contribution in [2.75, 3.05) is 13.2 Å². The van der Waals surface area contributed by atoms with Crippen molar-refractivity contribution in [2.45, 2.75) is 11.3 Å². The number of hydrogen-bond donors (Lipinski definition) is 0. The lowest BCUT2D eigenvalue weighted by Crippen LogP contribution is -2.09. The van der Waals surface area contributed by atoms with Crippen LogP contribution in [0.2, 0.25) is 10.0 Å². The second kappa shape index (κ2) is 4.28. The van der Waals surface area contributed by atoms with Crippen molar-refractivity contribution in [1.29, 1.82) is 0 Å². The van der Waals surface area contributed by atoms with Crippen molar-refractivity contribution in [3.05, 3.63) is 33.8 Å². The summed E-state index contributed by atoms with van der Waals surface area (Å²) in [6, 6.07) is 5.60. The van der Waals surface area contributed by atoms with E-state index in [0.717, 1.165) is 5.56 Å². The van der Waals surface area contributed by atoms with Gasteiger partial charge in [0.1, 0.15) is 0 Å². The molecule has 4 heteroatoms. The second-order valence-electron chi connectivity index (χ2n) is 3.33. The van der Waals surface area contributed by atoms with Crippen LogP contribution in [-0.4, -0.2) is 18.6 Å². The van der Waals surface area contributed by atoms with E-state index in [1.165, 1.54) is 0 Å². The summed E-state index contributed by atoms with van der Waals surface area (Å²) >= 11 is 17.9. The highest BCUT2D eigenvalue weighted by molar-refractivity contribution is 6.42. The zero-order chi connectivity index (χ0) is 10.1. The molecule has 0 radical (unpaired) electrons. The summed E-state index contributed by atoms with van der Waals surface area (Å²) in [4.78, 5) is 0. The Morgan fingerprint density at radius 3 is 2.50 bits per heavy atom. The standard InChI is InChI=1S/C10H9Cl3O/c11-8-2-1-6(3-9(8)12)7-4-14-5-10(7)13/h1-3,7,10H,4-5H2. The SMILES string of the molecule is Clc1ccc(C2COCC2Cl)cc1Cl. The molecule has 0 aliphatic carbocycles. The topological polar surface area (TPSA) is 9.23 Å². The number of benzene rings is 1. The molecule has 2 rings (SSSR count). The van der Waals surface area contributed by atoms with Crippen molar-refractivity contribution in [3.8, 4) is 0 Å². The second-order valence-corrected chi connectivity index (χ2v) is 4.71. The quantitative estimate of drug-likeness (QED) is 0.691. The van der Waals surface area contributed by atoms with Gasteiger partial charge in [-0.3, -0.25) is 0 Å². The summed E-state index contributed by atoms with van der Waals surface area (Å²) in [6.45, 7) is 1.26. The average molecular weight is 252 g/mol. The Morgan fingerprint density at radius 1 is 1.14 bits per heavy atom. The fourth-order valence-corrected chi connectivity index (χ4v) is 2.19. The van der Waals surface area contributed by atoms with Gasteiger partial charge in [-0.1, -0.05) is 29.3 Å². The molecule has 2 atom stereocenters. The van der Waals surface area contributed by atoms with E-state index in [2.05, 4.69) is 0 Å². The van der Waals surface area contributed by atoms with Crippen LogP contribution in [0.25, 0.3) is 0 Å². The fourth-order valence-electron chi connectivity index (χ4n) is 1.58. The summed E-state index contributed by atoms with van der Waals surface area (Å²) in [6.07, 6.45) is 0. The van der Waals surface area contributed by atoms with Crippen LogP contribution in [0, 0.1) is 0 Å². The molecule has 0 N–H and O–H groups in total. The maximum absolute atomic E-state index is 6.10. The van der Waals surface area contributed by atoms with E-state index in [-0.39, 0.29) is 11.3 Å². The molecule has 1 aromatic rings. The van der Waals surface area contributed by atoms with E-state index in [0.29, 0.717) is 23.3 Å². The largest absolute Gasteiger partial charge is 0.379 e. The highest BCUT2D eigenvalue weighted by atomic mass is 35.5. The summed E-state index contributed by atoms with van der Waals surface area (Å²) in [5.74, 6) is 0.228. The normalized spacial score (nSPS) is 26.8. The molecule has 0 saturated carbocycles. The van der Waals surface area contributed by atoms with E-state index in [1.54, 1.807) is 6.07 Å². The van der Waals surface area contributed by atoms with Gasteiger partial charge in [-0.25, -0.2) is 0 Å². The highest BCUT2D eigenvalue weighted by Gasteiger charge is 2.27. The summed E-state index contributed by atoms with van der Waals surface area (Å²) < 4.78 is 5.29. The molecule has 1 aliphatic heterocycles. The zero-order valence-corrected chi connectivity index (χ0v) is 9.61. The van der Waals surface area contributed by atoms with Crippen LogP contribution >= 0.6 is 34.8 Å². The lowest BCUT2D eigenvalue weighted by molar-refractivity contribution is 0.194. The van der Waals surface area contributed by atoms with Crippen molar-refractivity contribution in [1.82, 2.24) is 0 Å². The van der Waals surface area contributed by atoms with Crippen LogP contribution < -0.4 is 0 Å². The summed E-state index contributed by atoms with van der Waals surface area (Å²) in [7, 11) is 0. The minimum Gasteiger partial charge on any atom is -0.379 e. The molecule has 0 amide bonds. The van der Waals surface area contributed by atoms with E-state index < -0.39 is 0 Å². The molecule has 2 unspecified atom stereocenters. The fraction of sp³-hybridized carbons (Fsp3) is 0.400. The Morgan fingerprint density at radius 2 is 1.93 bits per heavy atom. The molecule has 0 bridgehead atoms. The lowest BCUT2D eigenvalue weighted by Gasteiger charge is -2.12. The molecule has 0 aromatic heterocycles. The van der Waals surface area contributed by atoms with Crippen LogP contribution in [0.5, 0.6) is 0 Å². The molecule has 1 heterocycles. The van der Waals surface area contributed by atoms with Gasteiger partial charge < -0.3 is 4.74 Å². The van der Waals surface area contributed by atoms with Crippen molar-refractivity contribution < 1.29 is 4.74 Å². The van der Waals surface area contributed by atoms with Crippen molar-refractivity contribution in [3.63, 3.8) is 0 Å². The molecule has 1 saturated heterocycles. The third-order valence-corrected chi connectivity index (χ3v) is 3.55. The zero-order valence-electron chi connectivity index (χ0n) is 7.34. The summed E-state index contributed by atoms with van der Waals surface area (Å²) in [5, 5.41) is 1.17. The van der Waals surface area contributed by atoms with Crippen molar-refractivity contribution >= 4 is 34.8 Å². The molecule has 76 valence electrons. The average Bonchev–Trinajstić information content (AvgIpc) is 2.57. The molecule has 1 nitrogen and oxygen atoms in total. The highest BCUT2D eigenvalue weighted by Crippen LogP contribution is 2.33. The summed E-state index contributed by atoms with van der Waals surface area (Å²) in [5.41, 5.74) is 1.09. The molecular weight excluding hydrogens is 242 g/mol. The molecule has 0 spiro atoms. The molecule has 1 aromatic carbocycles. The first-order valence-electron chi connectivity index (χ1n) is 4.35. The van der Waals surface area contributed by atoms with Crippen LogP contribution in [0.3, 0.4) is 0 Å². The van der Waals surface area contributed by atoms with E-state index in [1.807, 2.05) is 12.1 Å². The first-order chi connectivity index (χ1) is 6.68. The minimum absolute atomic E-state index is 0.0345. The molecular formula is C10H9Cl3O. The minimum atomic E-state index is 0.0345. The Bertz CT molecular complexity index is 340. The third-order valence-electron chi connectivity index (χ3n) is 2.38. The van der Waals surface area contributed by atoms with Gasteiger partial charge in [0.2, 0.25) is 0 Å². The number of alkyl halides is 1. The van der Waals surface area contributed by atoms with E-state index >= 15 is 0 Å². The van der Waals surface area contributed by atoms with Crippen LogP contribution in [0.15, 0.2) is 18.2 Å². The monoisotopic (exact) mass is 250 g/mol. The van der Waals surface area contributed by atoms with Gasteiger partial charge in [-0.2, -0.15) is 0 Å². The van der Waals surface area contributed by atoms with Gasteiger partial charge in [-0.05, 0) is 17.7 Å². The Kier molecular flexibility index (Phi) is 3.23. The third kappa shape index (κ3) is 2.01. The van der Waals surface area contributed by atoms with Gasteiger partial charge in [0.15, 0.2) is 0 Å². The Labute approximate surface area is 97.9 Å². The maximum Gasteiger partial charge on any atom is 0.0660 e. The maximum atomic E-state index is 6.10. The number of rotatable bonds is 1. The Hall–Kier alpha value is 0.0500. The Balaban J connectivity index is 2.28. The number of hydrogen-bond acceptors (Lipinski definition) is 1. The first-order valence-corrected chi connectivity index (χ1v) is 5.54. The van der Waals surface area contributed by atoms with Crippen LogP contribution in [0.1, 0.15) is 11.5 Å². The van der Waals surface area contributed by atoms with Gasteiger partial charge >= 0.3 is 0 Å². The van der Waals surface area contributed by atoms with Gasteiger partial charge in [0, 0.05) is 5.92 Å². The predicted octanol–water partition coefficient (Wildman–Crippen LogP) is 3.71. The number of ether oxygens (including phenoxy) is 1. The molecule has 1 aliphatic rings. The number of halogens is 3. The lowest BCUT2D eigenvalue weighted by atomic mass is 9.98. The van der Waals surface area contributed by atoms with Gasteiger partial charge in [-0.15, -0.1) is 11.6 Å². The molecule has 1 fully saturated rings. The van der Waals surface area contributed by atoms with Crippen LogP contribution in [-0.2, 0) is 4.74 Å². The van der Waals surface area contributed by atoms with Crippen molar-refractivity contribution in [2.24, 2.45) is 0 Å². The molecule has 14 heavy (non-hydrogen) atoms. The smallest absolute Gasteiger partial charge is 0.0660 e. The van der Waals surface area contributed by atoms with E-state index in [4.69, 9.17) is 39.5 Å². The predicted molar refractivity (Wildman–Crippen MR) is 59.7 cm³/mol. The van der Waals surface area contributed by atoms with Crippen LogP contribution in [0.4, 0.5) is 0 Å².